The summed E-state index contributed by atoms with van der Waals surface area (Å²) in [6.07, 6.45) is 2.73. The maximum atomic E-state index is 12.8. The van der Waals surface area contributed by atoms with Gasteiger partial charge in [-0.15, -0.1) is 0 Å². The van der Waals surface area contributed by atoms with E-state index in [1.54, 1.807) is 20.8 Å². The lowest BCUT2D eigenvalue weighted by Gasteiger charge is -2.31. The molecule has 1 atom stereocenters. The average Bonchev–Trinajstić information content (AvgIpc) is 3.09. The first-order valence-corrected chi connectivity index (χ1v) is 8.54. The molecular weight excluding hydrogens is 350 g/mol. The Hall–Kier alpha value is -2.71. The fourth-order valence-corrected chi connectivity index (χ4v) is 2.39. The Bertz CT molecular complexity index is 740. The van der Waals surface area contributed by atoms with Crippen molar-refractivity contribution < 1.29 is 24.2 Å². The van der Waals surface area contributed by atoms with Crippen LogP contribution in [0.1, 0.15) is 32.0 Å². The highest BCUT2D eigenvalue weighted by Gasteiger charge is 2.49. The van der Waals surface area contributed by atoms with Crippen molar-refractivity contribution in [1.29, 1.82) is 0 Å². The molecule has 0 spiro atoms. The Labute approximate surface area is 157 Å². The fourth-order valence-electron chi connectivity index (χ4n) is 2.39. The zero-order chi connectivity index (χ0) is 19.9. The highest BCUT2D eigenvalue weighted by Crippen LogP contribution is 2.19. The minimum Gasteiger partial charge on any atom is -0.479 e. The quantitative estimate of drug-likeness (QED) is 0.265. The van der Waals surface area contributed by atoms with Crippen molar-refractivity contribution in [3.05, 3.63) is 54.1 Å². The SMILES string of the molecule is CC(C)(C)OC(=O)[C@@](Cc1cnc[nH]1)(NCOCc1ccccc1)C(=O)O. The maximum absolute atomic E-state index is 12.8. The number of nitrogens with one attached hydrogen (secondary N) is 2. The van der Waals surface area contributed by atoms with Crippen LogP contribution in [-0.2, 0) is 32.1 Å². The van der Waals surface area contributed by atoms with Crippen LogP contribution in [0.3, 0.4) is 0 Å². The molecule has 1 heterocycles. The van der Waals surface area contributed by atoms with Crippen molar-refractivity contribution in [2.24, 2.45) is 0 Å². The van der Waals surface area contributed by atoms with Crippen LogP contribution in [0, 0.1) is 0 Å². The summed E-state index contributed by atoms with van der Waals surface area (Å²) in [6, 6.07) is 9.44. The van der Waals surface area contributed by atoms with Crippen LogP contribution >= 0.6 is 0 Å². The van der Waals surface area contributed by atoms with E-state index in [0.717, 1.165) is 5.56 Å². The van der Waals surface area contributed by atoms with E-state index in [2.05, 4.69) is 15.3 Å². The number of aromatic nitrogens is 2. The Morgan fingerprint density at radius 1 is 1.22 bits per heavy atom. The molecule has 8 heteroatoms. The lowest BCUT2D eigenvalue weighted by Crippen LogP contribution is -2.62. The molecule has 0 fully saturated rings. The van der Waals surface area contributed by atoms with E-state index in [4.69, 9.17) is 9.47 Å². The molecule has 2 rings (SSSR count). The van der Waals surface area contributed by atoms with Crippen LogP contribution in [0.5, 0.6) is 0 Å². The number of carbonyl (C=O) groups excluding carboxylic acids is 1. The molecule has 0 amide bonds. The number of carboxylic acids is 1. The third kappa shape index (κ3) is 5.90. The number of H-pyrrole nitrogens is 1. The molecule has 0 radical (unpaired) electrons. The van der Waals surface area contributed by atoms with Gasteiger partial charge in [0.25, 0.3) is 0 Å². The Kier molecular flexibility index (Phi) is 6.70. The van der Waals surface area contributed by atoms with Gasteiger partial charge in [0.15, 0.2) is 0 Å². The number of hydrogen-bond acceptors (Lipinski definition) is 6. The minimum atomic E-state index is -2.00. The number of benzene rings is 1. The van der Waals surface area contributed by atoms with E-state index >= 15 is 0 Å². The molecule has 2 aromatic rings. The molecule has 146 valence electrons. The summed E-state index contributed by atoms with van der Waals surface area (Å²) in [4.78, 5) is 31.5. The van der Waals surface area contributed by atoms with Gasteiger partial charge in [0.1, 0.15) is 5.60 Å². The van der Waals surface area contributed by atoms with E-state index in [1.165, 1.54) is 12.5 Å². The summed E-state index contributed by atoms with van der Waals surface area (Å²) in [5.74, 6) is -2.24. The normalized spacial score (nSPS) is 13.7. The molecular formula is C19H25N3O5. The van der Waals surface area contributed by atoms with Crippen molar-refractivity contribution in [2.75, 3.05) is 6.73 Å². The number of rotatable bonds is 9. The van der Waals surface area contributed by atoms with E-state index in [-0.39, 0.29) is 19.8 Å². The van der Waals surface area contributed by atoms with Gasteiger partial charge in [-0.05, 0) is 26.3 Å². The fraction of sp³-hybridized carbons (Fsp3) is 0.421. The molecule has 0 unspecified atom stereocenters. The predicted molar refractivity (Wildman–Crippen MR) is 97.7 cm³/mol. The van der Waals surface area contributed by atoms with Crippen LogP contribution in [0.25, 0.3) is 0 Å². The number of ether oxygens (including phenoxy) is 2. The van der Waals surface area contributed by atoms with E-state index in [0.29, 0.717) is 5.69 Å². The van der Waals surface area contributed by atoms with Crippen LogP contribution in [0.15, 0.2) is 42.9 Å². The van der Waals surface area contributed by atoms with Crippen molar-refractivity contribution >= 4 is 11.9 Å². The van der Waals surface area contributed by atoms with Gasteiger partial charge >= 0.3 is 11.9 Å². The average molecular weight is 375 g/mol. The highest BCUT2D eigenvalue weighted by atomic mass is 16.6. The number of hydrogen-bond donors (Lipinski definition) is 3. The van der Waals surface area contributed by atoms with Gasteiger partial charge in [-0.2, -0.15) is 0 Å². The second-order valence-electron chi connectivity index (χ2n) is 7.12. The molecule has 0 bridgehead atoms. The van der Waals surface area contributed by atoms with Crippen LogP contribution in [-0.4, -0.2) is 44.9 Å². The smallest absolute Gasteiger partial charge is 0.339 e. The van der Waals surface area contributed by atoms with Gasteiger partial charge < -0.3 is 19.6 Å². The molecule has 0 saturated heterocycles. The number of imidazole rings is 1. The molecule has 8 nitrogen and oxygen atoms in total. The van der Waals surface area contributed by atoms with Crippen molar-refractivity contribution in [3.63, 3.8) is 0 Å². The number of carboxylic acid groups (broad SMARTS) is 1. The van der Waals surface area contributed by atoms with Crippen LogP contribution in [0.4, 0.5) is 0 Å². The van der Waals surface area contributed by atoms with E-state index in [1.807, 2.05) is 30.3 Å². The van der Waals surface area contributed by atoms with Gasteiger partial charge in [-0.3, -0.25) is 5.32 Å². The summed E-state index contributed by atoms with van der Waals surface area (Å²) >= 11 is 0. The molecule has 3 N–H and O–H groups in total. The number of esters is 1. The maximum Gasteiger partial charge on any atom is 0.339 e. The zero-order valence-corrected chi connectivity index (χ0v) is 15.7. The van der Waals surface area contributed by atoms with Crippen LogP contribution in [0.2, 0.25) is 0 Å². The number of aliphatic carboxylic acids is 1. The first-order valence-electron chi connectivity index (χ1n) is 8.54. The molecule has 0 saturated carbocycles. The summed E-state index contributed by atoms with van der Waals surface area (Å²) in [5.41, 5.74) is -1.42. The standard InChI is InChI=1S/C19H25N3O5/c1-18(2,3)27-17(25)19(16(23)24,9-15-10-20-12-21-15)22-13-26-11-14-7-5-4-6-8-14/h4-8,10,12,22H,9,11,13H2,1-3H3,(H,20,21)(H,23,24)/t19-/m0/s1. The van der Waals surface area contributed by atoms with Gasteiger partial charge in [-0.25, -0.2) is 14.6 Å². The molecule has 1 aromatic heterocycles. The second-order valence-corrected chi connectivity index (χ2v) is 7.12. The van der Waals surface area contributed by atoms with Gasteiger partial charge in [0.05, 0.1) is 19.7 Å². The second kappa shape index (κ2) is 8.79. The summed E-state index contributed by atoms with van der Waals surface area (Å²) < 4.78 is 10.9. The highest BCUT2D eigenvalue weighted by molar-refractivity contribution is 6.04. The number of aromatic amines is 1. The van der Waals surface area contributed by atoms with E-state index < -0.39 is 23.1 Å². The topological polar surface area (TPSA) is 114 Å². The Morgan fingerprint density at radius 2 is 1.93 bits per heavy atom. The zero-order valence-electron chi connectivity index (χ0n) is 15.7. The largest absolute Gasteiger partial charge is 0.479 e. The number of carbonyl (C=O) groups is 2. The first kappa shape index (κ1) is 20.6. The molecule has 0 aliphatic heterocycles. The number of nitrogens with zero attached hydrogens (tertiary/aromatic N) is 1. The van der Waals surface area contributed by atoms with Crippen molar-refractivity contribution in [2.45, 2.75) is 44.9 Å². The van der Waals surface area contributed by atoms with Crippen molar-refractivity contribution in [1.82, 2.24) is 15.3 Å². The molecule has 0 aliphatic rings. The third-order valence-corrected chi connectivity index (χ3v) is 3.71. The van der Waals surface area contributed by atoms with Crippen LogP contribution < -0.4 is 5.32 Å². The van der Waals surface area contributed by atoms with Gasteiger partial charge in [0.2, 0.25) is 5.54 Å². The van der Waals surface area contributed by atoms with Gasteiger partial charge in [0, 0.05) is 18.3 Å². The molecule has 27 heavy (non-hydrogen) atoms. The van der Waals surface area contributed by atoms with E-state index in [9.17, 15) is 14.7 Å². The lowest BCUT2D eigenvalue weighted by molar-refractivity contribution is -0.172. The predicted octanol–water partition coefficient (Wildman–Crippen LogP) is 1.88. The Morgan fingerprint density at radius 3 is 2.48 bits per heavy atom. The monoisotopic (exact) mass is 375 g/mol. The Balaban J connectivity index is 2.13. The molecule has 0 aliphatic carbocycles. The summed E-state index contributed by atoms with van der Waals surface area (Å²) in [5, 5.41) is 12.6. The molecule has 1 aromatic carbocycles. The third-order valence-electron chi connectivity index (χ3n) is 3.71. The minimum absolute atomic E-state index is 0.144. The summed E-state index contributed by atoms with van der Waals surface area (Å²) in [7, 11) is 0. The lowest BCUT2D eigenvalue weighted by atomic mass is 9.93. The summed E-state index contributed by atoms with van der Waals surface area (Å²) in [6.45, 7) is 5.18. The first-order chi connectivity index (χ1) is 12.7. The van der Waals surface area contributed by atoms with Crippen molar-refractivity contribution in [3.8, 4) is 0 Å². The van der Waals surface area contributed by atoms with Gasteiger partial charge in [-0.1, -0.05) is 30.3 Å².